The fourth-order valence-electron chi connectivity index (χ4n) is 1.98. The molecule has 0 fully saturated rings. The molecule has 1 aromatic carbocycles. The van der Waals surface area contributed by atoms with Crippen molar-refractivity contribution in [2.75, 3.05) is 17.2 Å². The van der Waals surface area contributed by atoms with Crippen LogP contribution in [0.3, 0.4) is 0 Å². The van der Waals surface area contributed by atoms with Crippen LogP contribution in [0.4, 0.5) is 11.4 Å². The number of aryl methyl sites for hydroxylation is 1. The number of hydrogen-bond donors (Lipinski definition) is 1. The summed E-state index contributed by atoms with van der Waals surface area (Å²) in [5, 5.41) is 0. The van der Waals surface area contributed by atoms with Crippen molar-refractivity contribution in [2.24, 2.45) is 0 Å². The van der Waals surface area contributed by atoms with Crippen LogP contribution < -0.4 is 10.6 Å². The van der Waals surface area contributed by atoms with Crippen LogP contribution in [0.25, 0.3) is 0 Å². The predicted molar refractivity (Wildman–Crippen MR) is 81.8 cm³/mol. The minimum atomic E-state index is -0.0379. The van der Waals surface area contributed by atoms with Crippen LogP contribution >= 0.6 is 0 Å². The number of carbonyl (C=O) groups is 1. The summed E-state index contributed by atoms with van der Waals surface area (Å²) in [6.45, 7) is 4.61. The Hall–Kier alpha value is -2.36. The molecule has 1 amide bonds. The normalized spacial score (nSPS) is 10.3. The summed E-state index contributed by atoms with van der Waals surface area (Å²) in [6, 6.07) is 11.0. The van der Waals surface area contributed by atoms with Crippen molar-refractivity contribution in [1.82, 2.24) is 4.98 Å². The van der Waals surface area contributed by atoms with Crippen LogP contribution in [0.15, 0.2) is 42.6 Å². The van der Waals surface area contributed by atoms with Gasteiger partial charge in [-0.1, -0.05) is 6.92 Å². The topological polar surface area (TPSA) is 59.2 Å². The highest BCUT2D eigenvalue weighted by molar-refractivity contribution is 6.05. The Morgan fingerprint density at radius 2 is 1.90 bits per heavy atom. The number of benzene rings is 1. The zero-order valence-corrected chi connectivity index (χ0v) is 11.8. The van der Waals surface area contributed by atoms with Gasteiger partial charge in [-0.05, 0) is 49.7 Å². The maximum absolute atomic E-state index is 12.6. The van der Waals surface area contributed by atoms with Crippen molar-refractivity contribution in [2.45, 2.75) is 20.3 Å². The van der Waals surface area contributed by atoms with Crippen molar-refractivity contribution < 1.29 is 4.79 Å². The number of aromatic nitrogens is 1. The van der Waals surface area contributed by atoms with Crippen LogP contribution in [0.5, 0.6) is 0 Å². The molecule has 0 bridgehead atoms. The van der Waals surface area contributed by atoms with E-state index in [-0.39, 0.29) is 5.91 Å². The minimum Gasteiger partial charge on any atom is -0.399 e. The molecule has 0 radical (unpaired) electrons. The van der Waals surface area contributed by atoms with Gasteiger partial charge in [0.2, 0.25) is 0 Å². The zero-order chi connectivity index (χ0) is 14.5. The smallest absolute Gasteiger partial charge is 0.259 e. The quantitative estimate of drug-likeness (QED) is 0.868. The maximum atomic E-state index is 12.6. The highest BCUT2D eigenvalue weighted by atomic mass is 16.2. The summed E-state index contributed by atoms with van der Waals surface area (Å²) in [5.41, 5.74) is 8.73. The lowest BCUT2D eigenvalue weighted by Crippen LogP contribution is -2.31. The molecule has 0 saturated heterocycles. The highest BCUT2D eigenvalue weighted by Gasteiger charge is 2.17. The van der Waals surface area contributed by atoms with E-state index >= 15 is 0 Å². The molecule has 1 heterocycles. The third kappa shape index (κ3) is 3.15. The van der Waals surface area contributed by atoms with Gasteiger partial charge in [0.15, 0.2) is 0 Å². The van der Waals surface area contributed by atoms with Crippen molar-refractivity contribution in [3.8, 4) is 0 Å². The van der Waals surface area contributed by atoms with Crippen molar-refractivity contribution in [1.29, 1.82) is 0 Å². The first-order valence-electron chi connectivity index (χ1n) is 6.72. The molecule has 0 atom stereocenters. The molecule has 0 saturated carbocycles. The second-order valence-corrected chi connectivity index (χ2v) is 4.74. The van der Waals surface area contributed by atoms with Crippen LogP contribution in [-0.4, -0.2) is 17.4 Å². The second-order valence-electron chi connectivity index (χ2n) is 4.74. The number of amides is 1. The predicted octanol–water partition coefficient (Wildman–Crippen LogP) is 3.03. The Bertz CT molecular complexity index is 576. The van der Waals surface area contributed by atoms with Gasteiger partial charge in [-0.2, -0.15) is 0 Å². The Labute approximate surface area is 119 Å². The molecular formula is C16H19N3O. The summed E-state index contributed by atoms with van der Waals surface area (Å²) >= 11 is 0. The Morgan fingerprint density at radius 3 is 2.45 bits per heavy atom. The number of nitrogens with two attached hydrogens (primary N) is 1. The summed E-state index contributed by atoms with van der Waals surface area (Å²) in [6.07, 6.45) is 2.51. The van der Waals surface area contributed by atoms with Crippen molar-refractivity contribution >= 4 is 17.3 Å². The lowest BCUT2D eigenvalue weighted by Gasteiger charge is -2.22. The summed E-state index contributed by atoms with van der Waals surface area (Å²) in [4.78, 5) is 18.5. The second kappa shape index (κ2) is 6.19. The first-order valence-corrected chi connectivity index (χ1v) is 6.72. The molecule has 4 heteroatoms. The van der Waals surface area contributed by atoms with Gasteiger partial charge in [0.1, 0.15) is 0 Å². The fourth-order valence-corrected chi connectivity index (χ4v) is 1.98. The number of anilines is 2. The van der Waals surface area contributed by atoms with E-state index in [1.165, 1.54) is 0 Å². The van der Waals surface area contributed by atoms with E-state index in [9.17, 15) is 4.79 Å². The molecule has 0 unspecified atom stereocenters. The number of rotatable bonds is 4. The van der Waals surface area contributed by atoms with Gasteiger partial charge in [-0.3, -0.25) is 9.78 Å². The molecule has 2 N–H and O–H groups in total. The van der Waals surface area contributed by atoms with Crippen LogP contribution in [0.1, 0.15) is 29.4 Å². The van der Waals surface area contributed by atoms with E-state index < -0.39 is 0 Å². The van der Waals surface area contributed by atoms with Gasteiger partial charge < -0.3 is 10.6 Å². The van der Waals surface area contributed by atoms with Crippen LogP contribution in [0.2, 0.25) is 0 Å². The lowest BCUT2D eigenvalue weighted by molar-refractivity contribution is 0.0986. The third-order valence-electron chi connectivity index (χ3n) is 3.06. The SMILES string of the molecule is CCCN(C(=O)c1ccc(C)nc1)c1ccc(N)cc1. The number of carbonyl (C=O) groups excluding carboxylic acids is 1. The van der Waals surface area contributed by atoms with Crippen molar-refractivity contribution in [3.63, 3.8) is 0 Å². The summed E-state index contributed by atoms with van der Waals surface area (Å²) in [7, 11) is 0. The molecule has 4 nitrogen and oxygen atoms in total. The fraction of sp³-hybridized carbons (Fsp3) is 0.250. The average molecular weight is 269 g/mol. The molecule has 0 aliphatic carbocycles. The average Bonchev–Trinajstić information content (AvgIpc) is 2.46. The Balaban J connectivity index is 2.30. The van der Waals surface area contributed by atoms with Gasteiger partial charge in [-0.25, -0.2) is 0 Å². The first kappa shape index (κ1) is 14.1. The molecular weight excluding hydrogens is 250 g/mol. The monoisotopic (exact) mass is 269 g/mol. The van der Waals surface area contributed by atoms with Crippen LogP contribution in [-0.2, 0) is 0 Å². The standard InChI is InChI=1S/C16H19N3O/c1-3-10-19(15-8-6-14(17)7-9-15)16(20)13-5-4-12(2)18-11-13/h4-9,11H,3,10,17H2,1-2H3. The van der Waals surface area contributed by atoms with E-state index in [2.05, 4.69) is 4.98 Å². The lowest BCUT2D eigenvalue weighted by atomic mass is 10.2. The zero-order valence-electron chi connectivity index (χ0n) is 11.8. The molecule has 0 aliphatic heterocycles. The van der Waals surface area contributed by atoms with Gasteiger partial charge in [0.25, 0.3) is 5.91 Å². The summed E-state index contributed by atoms with van der Waals surface area (Å²) in [5.74, 6) is -0.0379. The Morgan fingerprint density at radius 1 is 1.20 bits per heavy atom. The number of nitrogen functional groups attached to an aromatic ring is 1. The third-order valence-corrected chi connectivity index (χ3v) is 3.06. The van der Waals surface area contributed by atoms with Gasteiger partial charge in [0, 0.05) is 29.8 Å². The molecule has 2 aromatic rings. The van der Waals surface area contributed by atoms with Gasteiger partial charge in [-0.15, -0.1) is 0 Å². The number of hydrogen-bond acceptors (Lipinski definition) is 3. The molecule has 2 rings (SSSR count). The van der Waals surface area contributed by atoms with E-state index in [4.69, 9.17) is 5.73 Å². The van der Waals surface area contributed by atoms with E-state index in [1.54, 1.807) is 23.2 Å². The summed E-state index contributed by atoms with van der Waals surface area (Å²) < 4.78 is 0. The van der Waals surface area contributed by atoms with Crippen LogP contribution in [0, 0.1) is 6.92 Å². The Kier molecular flexibility index (Phi) is 4.35. The molecule has 104 valence electrons. The minimum absolute atomic E-state index is 0.0379. The van der Waals surface area contributed by atoms with E-state index in [0.29, 0.717) is 17.8 Å². The highest BCUT2D eigenvalue weighted by Crippen LogP contribution is 2.19. The molecule has 0 aliphatic rings. The van der Waals surface area contributed by atoms with E-state index in [0.717, 1.165) is 17.8 Å². The maximum Gasteiger partial charge on any atom is 0.259 e. The number of nitrogens with zero attached hydrogens (tertiary/aromatic N) is 2. The van der Waals surface area contributed by atoms with Crippen molar-refractivity contribution in [3.05, 3.63) is 53.9 Å². The molecule has 1 aromatic heterocycles. The molecule has 20 heavy (non-hydrogen) atoms. The van der Waals surface area contributed by atoms with Gasteiger partial charge >= 0.3 is 0 Å². The molecule has 0 spiro atoms. The van der Waals surface area contributed by atoms with Gasteiger partial charge in [0.05, 0.1) is 5.56 Å². The first-order chi connectivity index (χ1) is 9.61. The van der Waals surface area contributed by atoms with E-state index in [1.807, 2.05) is 38.1 Å². The number of pyridine rings is 1. The largest absolute Gasteiger partial charge is 0.399 e.